The number of methoxy groups -OCH3 is 1. The molecule has 1 aliphatic rings. The first kappa shape index (κ1) is 15.6. The maximum Gasteiger partial charge on any atom is 0.239 e. The van der Waals surface area contributed by atoms with Crippen molar-refractivity contribution >= 4 is 5.91 Å². The van der Waals surface area contributed by atoms with E-state index in [1.807, 2.05) is 36.4 Å². The molecule has 0 saturated carbocycles. The molecule has 3 N–H and O–H groups in total. The van der Waals surface area contributed by atoms with Crippen molar-refractivity contribution in [1.29, 1.82) is 0 Å². The minimum Gasteiger partial charge on any atom is -0.497 e. The zero-order chi connectivity index (χ0) is 16.2. The summed E-state index contributed by atoms with van der Waals surface area (Å²) in [6.07, 6.45) is 2.87. The third-order valence-electron chi connectivity index (χ3n) is 4.46. The molecule has 4 nitrogen and oxygen atoms in total. The summed E-state index contributed by atoms with van der Waals surface area (Å²) in [5.41, 5.74) is 9.16. The monoisotopic (exact) mass is 310 g/mol. The molecule has 2 atom stereocenters. The predicted molar refractivity (Wildman–Crippen MR) is 90.3 cm³/mol. The van der Waals surface area contributed by atoms with Gasteiger partial charge in [0.25, 0.3) is 0 Å². The number of nitrogens with two attached hydrogens (primary N) is 1. The predicted octanol–water partition coefficient (Wildman–Crippen LogP) is 2.37. The summed E-state index contributed by atoms with van der Waals surface area (Å²) >= 11 is 0. The van der Waals surface area contributed by atoms with Crippen molar-refractivity contribution in [2.24, 2.45) is 5.73 Å². The van der Waals surface area contributed by atoms with Gasteiger partial charge in [-0.25, -0.2) is 0 Å². The lowest BCUT2D eigenvalue weighted by molar-refractivity contribution is -0.120. The van der Waals surface area contributed by atoms with Crippen LogP contribution in [0.2, 0.25) is 0 Å². The second-order valence-corrected chi connectivity index (χ2v) is 5.99. The van der Waals surface area contributed by atoms with Gasteiger partial charge in [0.05, 0.1) is 7.11 Å². The van der Waals surface area contributed by atoms with E-state index in [1.165, 1.54) is 11.1 Å². The standard InChI is InChI=1S/C19H22N2O2/c1-23-17-10-8-13-7-9-16(11-15(13)12-17)21-18(19(20)22)14-5-3-2-4-6-14/h2-6,8,10,12,16,18,21H,7,9,11H2,1H3,(H2,20,22). The van der Waals surface area contributed by atoms with Crippen molar-refractivity contribution in [3.63, 3.8) is 0 Å². The van der Waals surface area contributed by atoms with Crippen LogP contribution in [0.3, 0.4) is 0 Å². The van der Waals surface area contributed by atoms with E-state index in [0.717, 1.165) is 30.6 Å². The molecule has 0 heterocycles. The van der Waals surface area contributed by atoms with Crippen LogP contribution in [-0.2, 0) is 17.6 Å². The van der Waals surface area contributed by atoms with Gasteiger partial charge in [-0.2, -0.15) is 0 Å². The molecule has 0 saturated heterocycles. The molecule has 120 valence electrons. The Balaban J connectivity index is 1.76. The number of amides is 1. The zero-order valence-corrected chi connectivity index (χ0v) is 13.3. The van der Waals surface area contributed by atoms with E-state index in [9.17, 15) is 4.79 Å². The number of hydrogen-bond acceptors (Lipinski definition) is 3. The van der Waals surface area contributed by atoms with Gasteiger partial charge < -0.3 is 10.5 Å². The van der Waals surface area contributed by atoms with Crippen LogP contribution >= 0.6 is 0 Å². The summed E-state index contributed by atoms with van der Waals surface area (Å²) in [7, 11) is 1.68. The van der Waals surface area contributed by atoms with Crippen molar-refractivity contribution in [1.82, 2.24) is 5.32 Å². The maximum absolute atomic E-state index is 11.9. The number of fused-ring (bicyclic) bond motifs is 1. The van der Waals surface area contributed by atoms with Crippen LogP contribution in [0.5, 0.6) is 5.75 Å². The fourth-order valence-corrected chi connectivity index (χ4v) is 3.23. The molecule has 3 rings (SSSR count). The third-order valence-corrected chi connectivity index (χ3v) is 4.46. The topological polar surface area (TPSA) is 64.3 Å². The highest BCUT2D eigenvalue weighted by Gasteiger charge is 2.25. The SMILES string of the molecule is COc1ccc2c(c1)CC(NC(C(N)=O)c1ccccc1)CC2. The average molecular weight is 310 g/mol. The largest absolute Gasteiger partial charge is 0.497 e. The summed E-state index contributed by atoms with van der Waals surface area (Å²) in [6, 6.07) is 15.7. The maximum atomic E-state index is 11.9. The number of benzene rings is 2. The van der Waals surface area contributed by atoms with Gasteiger partial charge in [0.1, 0.15) is 11.8 Å². The van der Waals surface area contributed by atoms with E-state index < -0.39 is 6.04 Å². The fraction of sp³-hybridized carbons (Fsp3) is 0.316. The molecule has 1 aliphatic carbocycles. The minimum atomic E-state index is -0.451. The Morgan fingerprint density at radius 3 is 2.70 bits per heavy atom. The highest BCUT2D eigenvalue weighted by molar-refractivity contribution is 5.81. The lowest BCUT2D eigenvalue weighted by Gasteiger charge is -2.29. The van der Waals surface area contributed by atoms with Gasteiger partial charge in [-0.3, -0.25) is 10.1 Å². The first-order valence-corrected chi connectivity index (χ1v) is 7.93. The van der Waals surface area contributed by atoms with Gasteiger partial charge in [-0.1, -0.05) is 36.4 Å². The molecule has 0 radical (unpaired) electrons. The number of ether oxygens (including phenoxy) is 1. The number of carbonyl (C=O) groups excluding carboxylic acids is 1. The van der Waals surface area contributed by atoms with Gasteiger partial charge in [0, 0.05) is 6.04 Å². The van der Waals surface area contributed by atoms with Crippen LogP contribution in [0.4, 0.5) is 0 Å². The third kappa shape index (κ3) is 3.54. The Morgan fingerprint density at radius 1 is 1.22 bits per heavy atom. The van der Waals surface area contributed by atoms with Crippen molar-refractivity contribution in [2.45, 2.75) is 31.3 Å². The van der Waals surface area contributed by atoms with Gasteiger partial charge in [0.15, 0.2) is 0 Å². The van der Waals surface area contributed by atoms with Gasteiger partial charge >= 0.3 is 0 Å². The van der Waals surface area contributed by atoms with E-state index >= 15 is 0 Å². The normalized spacial score (nSPS) is 18.0. The number of primary amides is 1. The Labute approximate surface area is 136 Å². The molecule has 0 bridgehead atoms. The lowest BCUT2D eigenvalue weighted by atomic mass is 9.87. The Kier molecular flexibility index (Phi) is 4.63. The number of nitrogens with one attached hydrogen (secondary N) is 1. The molecule has 4 heteroatoms. The van der Waals surface area contributed by atoms with Crippen LogP contribution in [-0.4, -0.2) is 19.1 Å². The number of rotatable bonds is 5. The van der Waals surface area contributed by atoms with Gasteiger partial charge in [-0.15, -0.1) is 0 Å². The Morgan fingerprint density at radius 2 is 2.00 bits per heavy atom. The molecule has 2 unspecified atom stereocenters. The molecular weight excluding hydrogens is 288 g/mol. The lowest BCUT2D eigenvalue weighted by Crippen LogP contribution is -2.42. The van der Waals surface area contributed by atoms with Crippen LogP contribution in [0, 0.1) is 0 Å². The van der Waals surface area contributed by atoms with Crippen molar-refractivity contribution in [2.75, 3.05) is 7.11 Å². The van der Waals surface area contributed by atoms with E-state index in [2.05, 4.69) is 17.4 Å². The van der Waals surface area contributed by atoms with E-state index in [4.69, 9.17) is 10.5 Å². The van der Waals surface area contributed by atoms with E-state index in [1.54, 1.807) is 7.11 Å². The molecule has 2 aromatic carbocycles. The zero-order valence-electron chi connectivity index (χ0n) is 13.3. The first-order chi connectivity index (χ1) is 11.2. The molecule has 2 aromatic rings. The molecule has 0 fully saturated rings. The highest BCUT2D eigenvalue weighted by atomic mass is 16.5. The van der Waals surface area contributed by atoms with Crippen LogP contribution in [0.1, 0.15) is 29.2 Å². The molecule has 0 spiro atoms. The van der Waals surface area contributed by atoms with E-state index in [0.29, 0.717) is 0 Å². The summed E-state index contributed by atoms with van der Waals surface area (Å²) in [5, 5.41) is 3.43. The van der Waals surface area contributed by atoms with Gasteiger partial charge in [0.2, 0.25) is 5.91 Å². The summed E-state index contributed by atoms with van der Waals surface area (Å²) < 4.78 is 5.31. The fourth-order valence-electron chi connectivity index (χ4n) is 3.23. The summed E-state index contributed by atoms with van der Waals surface area (Å²) in [6.45, 7) is 0. The van der Waals surface area contributed by atoms with Crippen molar-refractivity contribution in [3.8, 4) is 5.75 Å². The van der Waals surface area contributed by atoms with Crippen LogP contribution in [0.15, 0.2) is 48.5 Å². The number of hydrogen-bond donors (Lipinski definition) is 2. The summed E-state index contributed by atoms with van der Waals surface area (Å²) in [4.78, 5) is 11.9. The minimum absolute atomic E-state index is 0.229. The average Bonchev–Trinajstić information content (AvgIpc) is 2.59. The van der Waals surface area contributed by atoms with Crippen molar-refractivity contribution < 1.29 is 9.53 Å². The second kappa shape index (κ2) is 6.84. The first-order valence-electron chi connectivity index (χ1n) is 7.93. The Bertz CT molecular complexity index is 685. The van der Waals surface area contributed by atoms with Crippen LogP contribution < -0.4 is 15.8 Å². The molecule has 0 aromatic heterocycles. The van der Waals surface area contributed by atoms with E-state index in [-0.39, 0.29) is 11.9 Å². The smallest absolute Gasteiger partial charge is 0.239 e. The van der Waals surface area contributed by atoms with Crippen LogP contribution in [0.25, 0.3) is 0 Å². The van der Waals surface area contributed by atoms with Gasteiger partial charge in [-0.05, 0) is 48.1 Å². The molecular formula is C19H22N2O2. The molecule has 0 aliphatic heterocycles. The van der Waals surface area contributed by atoms with Crippen molar-refractivity contribution in [3.05, 3.63) is 65.2 Å². The quantitative estimate of drug-likeness (QED) is 0.891. The number of aryl methyl sites for hydroxylation is 1. The Hall–Kier alpha value is -2.33. The summed E-state index contributed by atoms with van der Waals surface area (Å²) in [5.74, 6) is 0.534. The highest BCUT2D eigenvalue weighted by Crippen LogP contribution is 2.27. The molecule has 1 amide bonds. The second-order valence-electron chi connectivity index (χ2n) is 5.99. The molecule has 23 heavy (non-hydrogen) atoms. The number of carbonyl (C=O) groups is 1.